The number of fused-ring (bicyclic) bond motifs is 1. The molecule has 3 fully saturated rings. The van der Waals surface area contributed by atoms with Crippen molar-refractivity contribution in [3.63, 3.8) is 0 Å². The highest BCUT2D eigenvalue weighted by atomic mass is 16.4. The van der Waals surface area contributed by atoms with Gasteiger partial charge in [-0.25, -0.2) is 0 Å². The van der Waals surface area contributed by atoms with Crippen LogP contribution < -0.4 is 11.5 Å². The minimum atomic E-state index is -0.654. The van der Waals surface area contributed by atoms with E-state index >= 15 is 0 Å². The summed E-state index contributed by atoms with van der Waals surface area (Å²) in [6.45, 7) is 5.47. The number of carbonyl (C=O) groups is 1. The average Bonchev–Trinajstić information content (AvgIpc) is 2.88. The van der Waals surface area contributed by atoms with Crippen LogP contribution >= 0.6 is 0 Å². The highest BCUT2D eigenvalue weighted by Gasteiger charge is 2.61. The van der Waals surface area contributed by atoms with E-state index in [0.29, 0.717) is 24.9 Å². The van der Waals surface area contributed by atoms with Crippen molar-refractivity contribution in [3.05, 3.63) is 0 Å². The summed E-state index contributed by atoms with van der Waals surface area (Å²) in [5.74, 6) is 1.52. The van der Waals surface area contributed by atoms with E-state index in [9.17, 15) is 9.90 Å². The average molecular weight is 308 g/mol. The van der Waals surface area contributed by atoms with Gasteiger partial charge in [0.25, 0.3) is 0 Å². The summed E-state index contributed by atoms with van der Waals surface area (Å²) in [5, 5.41) is 10.1. The van der Waals surface area contributed by atoms with Crippen LogP contribution in [0.2, 0.25) is 0 Å². The van der Waals surface area contributed by atoms with E-state index in [0.717, 1.165) is 37.5 Å². The van der Waals surface area contributed by atoms with Gasteiger partial charge in [0.2, 0.25) is 0 Å². The van der Waals surface area contributed by atoms with E-state index in [1.807, 2.05) is 0 Å². The second-order valence-corrected chi connectivity index (χ2v) is 8.77. The van der Waals surface area contributed by atoms with Gasteiger partial charge >= 0.3 is 5.97 Å². The Balaban J connectivity index is 1.96. The molecule has 4 nitrogen and oxygen atoms in total. The molecule has 22 heavy (non-hydrogen) atoms. The minimum Gasteiger partial charge on any atom is -0.481 e. The van der Waals surface area contributed by atoms with Gasteiger partial charge in [0, 0.05) is 0 Å². The van der Waals surface area contributed by atoms with Crippen molar-refractivity contribution in [2.24, 2.45) is 51.9 Å². The molecule has 3 unspecified atom stereocenters. The molecule has 6 atom stereocenters. The molecule has 3 aliphatic carbocycles. The molecule has 5 N–H and O–H groups in total. The van der Waals surface area contributed by atoms with Gasteiger partial charge in [-0.1, -0.05) is 13.8 Å². The quantitative estimate of drug-likeness (QED) is 0.728. The van der Waals surface area contributed by atoms with Crippen molar-refractivity contribution < 1.29 is 9.90 Å². The van der Waals surface area contributed by atoms with Gasteiger partial charge in [-0.3, -0.25) is 4.79 Å². The fraction of sp³-hybridized carbons (Fsp3) is 0.944. The molecular weight excluding hydrogens is 276 g/mol. The number of aliphatic carboxylic acids is 1. The first kappa shape index (κ1) is 16.3. The maximum absolute atomic E-state index is 12.3. The molecule has 3 rings (SSSR count). The third-order valence-electron chi connectivity index (χ3n) is 7.63. The lowest BCUT2D eigenvalue weighted by atomic mass is 9.59. The van der Waals surface area contributed by atoms with Crippen LogP contribution in [0.4, 0.5) is 0 Å². The van der Waals surface area contributed by atoms with Crippen LogP contribution in [0.25, 0.3) is 0 Å². The SMILES string of the molecule is C[C@H]1CC(CN)(C(C(=O)O)C2(CN)CC3CC[C@H]3C2)C[C@@H]1C. The summed E-state index contributed by atoms with van der Waals surface area (Å²) in [4.78, 5) is 12.3. The molecule has 0 bridgehead atoms. The van der Waals surface area contributed by atoms with Crippen LogP contribution in [-0.4, -0.2) is 24.2 Å². The molecule has 126 valence electrons. The maximum atomic E-state index is 12.3. The van der Waals surface area contributed by atoms with Crippen LogP contribution in [0.1, 0.15) is 52.4 Å². The van der Waals surface area contributed by atoms with E-state index in [2.05, 4.69) is 13.8 Å². The number of carboxylic acids is 1. The maximum Gasteiger partial charge on any atom is 0.307 e. The Morgan fingerprint density at radius 1 is 1.00 bits per heavy atom. The first-order valence-electron chi connectivity index (χ1n) is 9.00. The Hall–Kier alpha value is -0.610. The van der Waals surface area contributed by atoms with Gasteiger partial charge in [-0.2, -0.15) is 0 Å². The zero-order chi connectivity index (χ0) is 16.1. The summed E-state index contributed by atoms with van der Waals surface area (Å²) in [6, 6.07) is 0. The summed E-state index contributed by atoms with van der Waals surface area (Å²) >= 11 is 0. The van der Waals surface area contributed by atoms with Crippen molar-refractivity contribution in [2.45, 2.75) is 52.4 Å². The fourth-order valence-corrected chi connectivity index (χ4v) is 6.29. The smallest absolute Gasteiger partial charge is 0.307 e. The molecule has 0 aromatic heterocycles. The largest absolute Gasteiger partial charge is 0.481 e. The molecule has 4 heteroatoms. The number of hydrogen-bond acceptors (Lipinski definition) is 3. The Morgan fingerprint density at radius 3 is 1.73 bits per heavy atom. The first-order valence-corrected chi connectivity index (χ1v) is 9.00. The van der Waals surface area contributed by atoms with Gasteiger partial charge in [0.1, 0.15) is 0 Å². The van der Waals surface area contributed by atoms with Gasteiger partial charge in [0.15, 0.2) is 0 Å². The van der Waals surface area contributed by atoms with Crippen LogP contribution in [0.5, 0.6) is 0 Å². The summed E-state index contributed by atoms with van der Waals surface area (Å²) in [6.07, 6.45) is 6.44. The van der Waals surface area contributed by atoms with Crippen LogP contribution in [0.3, 0.4) is 0 Å². The predicted octanol–water partition coefficient (Wildman–Crippen LogP) is 2.46. The second kappa shape index (κ2) is 5.48. The highest BCUT2D eigenvalue weighted by Crippen LogP contribution is 2.63. The molecule has 0 aromatic rings. The van der Waals surface area contributed by atoms with Crippen molar-refractivity contribution in [1.82, 2.24) is 0 Å². The van der Waals surface area contributed by atoms with E-state index in [-0.39, 0.29) is 16.7 Å². The van der Waals surface area contributed by atoms with Gasteiger partial charge in [0.05, 0.1) is 5.92 Å². The number of nitrogens with two attached hydrogens (primary N) is 2. The summed E-state index contributed by atoms with van der Waals surface area (Å²) in [7, 11) is 0. The number of hydrogen-bond donors (Lipinski definition) is 3. The van der Waals surface area contributed by atoms with Crippen molar-refractivity contribution in [3.8, 4) is 0 Å². The molecule has 3 aliphatic rings. The third kappa shape index (κ3) is 2.22. The molecule has 0 amide bonds. The lowest BCUT2D eigenvalue weighted by molar-refractivity contribution is -0.154. The predicted molar refractivity (Wildman–Crippen MR) is 87.1 cm³/mol. The van der Waals surface area contributed by atoms with Crippen LogP contribution in [0.15, 0.2) is 0 Å². The zero-order valence-electron chi connectivity index (χ0n) is 14.1. The normalized spacial score (nSPS) is 44.4. The Kier molecular flexibility index (Phi) is 4.05. The molecule has 0 aromatic carbocycles. The first-order chi connectivity index (χ1) is 10.4. The number of carboxylic acid groups (broad SMARTS) is 1. The van der Waals surface area contributed by atoms with E-state index in [1.54, 1.807) is 0 Å². The van der Waals surface area contributed by atoms with Crippen LogP contribution in [0, 0.1) is 40.4 Å². The zero-order valence-corrected chi connectivity index (χ0v) is 14.1. The standard InChI is InChI=1S/C18H32N2O2/c1-11-5-17(9-19,6-12(11)2)15(16(21)22)18(10-20)7-13-3-4-14(13)8-18/h11-15H,3-10,19-20H2,1-2H3,(H,21,22)/t11-,12-,13-,14?,15?,18?/m0/s1. The third-order valence-corrected chi connectivity index (χ3v) is 7.63. The number of rotatable bonds is 5. The molecule has 0 heterocycles. The molecule has 0 saturated heterocycles. The molecular formula is C18H32N2O2. The van der Waals surface area contributed by atoms with Crippen molar-refractivity contribution in [1.29, 1.82) is 0 Å². The monoisotopic (exact) mass is 308 g/mol. The van der Waals surface area contributed by atoms with E-state index in [4.69, 9.17) is 11.5 Å². The van der Waals surface area contributed by atoms with Crippen molar-refractivity contribution in [2.75, 3.05) is 13.1 Å². The van der Waals surface area contributed by atoms with Gasteiger partial charge < -0.3 is 16.6 Å². The van der Waals surface area contributed by atoms with Gasteiger partial charge in [-0.15, -0.1) is 0 Å². The molecule has 0 aliphatic heterocycles. The molecule has 0 spiro atoms. The topological polar surface area (TPSA) is 89.3 Å². The minimum absolute atomic E-state index is 0.221. The van der Waals surface area contributed by atoms with Crippen LogP contribution in [-0.2, 0) is 4.79 Å². The lowest BCUT2D eigenvalue weighted by Crippen LogP contribution is -2.52. The molecule has 0 radical (unpaired) electrons. The van der Waals surface area contributed by atoms with E-state index in [1.165, 1.54) is 12.8 Å². The van der Waals surface area contributed by atoms with Crippen molar-refractivity contribution >= 4 is 5.97 Å². The summed E-state index contributed by atoms with van der Waals surface area (Å²) in [5.41, 5.74) is 11.9. The lowest BCUT2D eigenvalue weighted by Gasteiger charge is -2.45. The Labute approximate surface area is 134 Å². The van der Waals surface area contributed by atoms with E-state index < -0.39 is 5.97 Å². The Bertz CT molecular complexity index is 404. The highest BCUT2D eigenvalue weighted by molar-refractivity contribution is 5.72. The Morgan fingerprint density at radius 2 is 1.41 bits per heavy atom. The fourth-order valence-electron chi connectivity index (χ4n) is 6.29. The summed E-state index contributed by atoms with van der Waals surface area (Å²) < 4.78 is 0. The second-order valence-electron chi connectivity index (χ2n) is 8.77. The van der Waals surface area contributed by atoms with Gasteiger partial charge in [-0.05, 0) is 86.1 Å². The molecule has 3 saturated carbocycles.